The number of hydrogen-bond acceptors (Lipinski definition) is 3. The third-order valence-corrected chi connectivity index (χ3v) is 2.60. The monoisotopic (exact) mass is 232 g/mol. The van der Waals surface area contributed by atoms with Crippen LogP contribution in [0.3, 0.4) is 0 Å². The van der Waals surface area contributed by atoms with E-state index in [1.165, 1.54) is 20.3 Å². The highest BCUT2D eigenvalue weighted by molar-refractivity contribution is 6.07. The Labute approximate surface area is 98.4 Å². The number of carbonyl (C=O) groups is 1. The maximum absolute atomic E-state index is 11.2. The van der Waals surface area contributed by atoms with Gasteiger partial charge < -0.3 is 14.6 Å². The molecule has 0 saturated carbocycles. The van der Waals surface area contributed by atoms with Gasteiger partial charge >= 0.3 is 5.97 Å². The normalized spacial score (nSPS) is 10.2. The zero-order chi connectivity index (χ0) is 12.4. The van der Waals surface area contributed by atoms with Gasteiger partial charge in [0.1, 0.15) is 11.5 Å². The standard InChI is InChI=1S/C13H12O4/c1-16-9-6-8-4-3-5-11(17-2)12(8)10(7-9)13(14)15/h3-7H,1-2H3,(H,14,15). The first-order valence-corrected chi connectivity index (χ1v) is 5.05. The van der Waals surface area contributed by atoms with Gasteiger partial charge in [-0.05, 0) is 23.6 Å². The lowest BCUT2D eigenvalue weighted by molar-refractivity contribution is 0.0698. The number of fused-ring (bicyclic) bond motifs is 1. The van der Waals surface area contributed by atoms with Gasteiger partial charge in [-0.3, -0.25) is 0 Å². The van der Waals surface area contributed by atoms with Gasteiger partial charge in [0.05, 0.1) is 19.8 Å². The molecule has 0 aliphatic rings. The van der Waals surface area contributed by atoms with Crippen LogP contribution >= 0.6 is 0 Å². The minimum atomic E-state index is -1.00. The van der Waals surface area contributed by atoms with E-state index in [1.54, 1.807) is 12.1 Å². The second-order valence-electron chi connectivity index (χ2n) is 3.54. The van der Waals surface area contributed by atoms with E-state index in [0.29, 0.717) is 16.9 Å². The van der Waals surface area contributed by atoms with Crippen LogP contribution in [0.2, 0.25) is 0 Å². The summed E-state index contributed by atoms with van der Waals surface area (Å²) in [4.78, 5) is 11.2. The molecule has 0 spiro atoms. The van der Waals surface area contributed by atoms with Gasteiger partial charge in [0.25, 0.3) is 0 Å². The minimum Gasteiger partial charge on any atom is -0.497 e. The number of ether oxygens (including phenoxy) is 2. The van der Waals surface area contributed by atoms with Gasteiger partial charge in [-0.15, -0.1) is 0 Å². The Morgan fingerprint density at radius 1 is 1.18 bits per heavy atom. The predicted octanol–water partition coefficient (Wildman–Crippen LogP) is 2.56. The summed E-state index contributed by atoms with van der Waals surface area (Å²) in [6.45, 7) is 0. The smallest absolute Gasteiger partial charge is 0.336 e. The Balaban J connectivity index is 2.86. The van der Waals surface area contributed by atoms with Crippen molar-refractivity contribution in [2.45, 2.75) is 0 Å². The summed E-state index contributed by atoms with van der Waals surface area (Å²) in [5.41, 5.74) is 0.178. The van der Waals surface area contributed by atoms with Gasteiger partial charge in [0, 0.05) is 5.39 Å². The van der Waals surface area contributed by atoms with E-state index >= 15 is 0 Å². The van der Waals surface area contributed by atoms with Gasteiger partial charge in [0.2, 0.25) is 0 Å². The topological polar surface area (TPSA) is 55.8 Å². The molecular formula is C13H12O4. The van der Waals surface area contributed by atoms with Crippen LogP contribution in [-0.2, 0) is 0 Å². The molecule has 88 valence electrons. The van der Waals surface area contributed by atoms with Crippen LogP contribution in [0.4, 0.5) is 0 Å². The Kier molecular flexibility index (Phi) is 2.87. The fourth-order valence-corrected chi connectivity index (χ4v) is 1.82. The summed E-state index contributed by atoms with van der Waals surface area (Å²) in [6.07, 6.45) is 0. The van der Waals surface area contributed by atoms with Gasteiger partial charge in [-0.2, -0.15) is 0 Å². The van der Waals surface area contributed by atoms with Crippen molar-refractivity contribution >= 4 is 16.7 Å². The quantitative estimate of drug-likeness (QED) is 0.883. The molecule has 0 saturated heterocycles. The minimum absolute atomic E-state index is 0.178. The fourth-order valence-electron chi connectivity index (χ4n) is 1.82. The Bertz CT molecular complexity index is 575. The molecular weight excluding hydrogens is 220 g/mol. The van der Waals surface area contributed by atoms with E-state index in [1.807, 2.05) is 12.1 Å². The summed E-state index contributed by atoms with van der Waals surface area (Å²) in [7, 11) is 3.03. The highest BCUT2D eigenvalue weighted by Crippen LogP contribution is 2.32. The van der Waals surface area contributed by atoms with Gasteiger partial charge in [-0.25, -0.2) is 4.79 Å². The molecule has 2 rings (SSSR count). The first-order valence-electron chi connectivity index (χ1n) is 5.05. The number of carboxylic acid groups (broad SMARTS) is 1. The molecule has 4 nitrogen and oxygen atoms in total. The van der Waals surface area contributed by atoms with Crippen molar-refractivity contribution in [1.29, 1.82) is 0 Å². The molecule has 0 radical (unpaired) electrons. The molecule has 2 aromatic carbocycles. The van der Waals surface area contributed by atoms with Crippen molar-refractivity contribution in [3.05, 3.63) is 35.9 Å². The van der Waals surface area contributed by atoms with Crippen LogP contribution < -0.4 is 9.47 Å². The van der Waals surface area contributed by atoms with Crippen LogP contribution in [0.1, 0.15) is 10.4 Å². The van der Waals surface area contributed by atoms with Crippen LogP contribution in [0, 0.1) is 0 Å². The maximum Gasteiger partial charge on any atom is 0.336 e. The molecule has 4 heteroatoms. The largest absolute Gasteiger partial charge is 0.497 e. The van der Waals surface area contributed by atoms with Crippen molar-refractivity contribution in [1.82, 2.24) is 0 Å². The molecule has 0 aromatic heterocycles. The molecule has 0 aliphatic carbocycles. The first-order chi connectivity index (χ1) is 8.17. The number of benzene rings is 2. The van der Waals surface area contributed by atoms with Gasteiger partial charge in [0.15, 0.2) is 0 Å². The molecule has 0 heterocycles. The maximum atomic E-state index is 11.2. The number of aromatic carboxylic acids is 1. The molecule has 0 fully saturated rings. The third-order valence-electron chi connectivity index (χ3n) is 2.60. The average molecular weight is 232 g/mol. The zero-order valence-electron chi connectivity index (χ0n) is 9.56. The molecule has 2 aromatic rings. The zero-order valence-corrected chi connectivity index (χ0v) is 9.56. The van der Waals surface area contributed by atoms with E-state index in [-0.39, 0.29) is 5.56 Å². The number of carboxylic acids is 1. The summed E-state index contributed by atoms with van der Waals surface area (Å²) < 4.78 is 10.3. The molecule has 17 heavy (non-hydrogen) atoms. The molecule has 0 bridgehead atoms. The van der Waals surface area contributed by atoms with Gasteiger partial charge in [-0.1, -0.05) is 12.1 Å². The lowest BCUT2D eigenvalue weighted by Gasteiger charge is -2.10. The number of methoxy groups -OCH3 is 2. The van der Waals surface area contributed by atoms with E-state index in [4.69, 9.17) is 9.47 Å². The number of rotatable bonds is 3. The fraction of sp³-hybridized carbons (Fsp3) is 0.154. The lowest BCUT2D eigenvalue weighted by Crippen LogP contribution is -2.00. The van der Waals surface area contributed by atoms with Crippen LogP contribution in [0.5, 0.6) is 11.5 Å². The third kappa shape index (κ3) is 1.89. The predicted molar refractivity (Wildman–Crippen MR) is 64.0 cm³/mol. The van der Waals surface area contributed by atoms with Crippen LogP contribution in [-0.4, -0.2) is 25.3 Å². The van der Waals surface area contributed by atoms with Crippen molar-refractivity contribution in [2.24, 2.45) is 0 Å². The van der Waals surface area contributed by atoms with E-state index < -0.39 is 5.97 Å². The number of hydrogen-bond donors (Lipinski definition) is 1. The lowest BCUT2D eigenvalue weighted by atomic mass is 10.0. The average Bonchev–Trinajstić information content (AvgIpc) is 2.36. The van der Waals surface area contributed by atoms with Crippen molar-refractivity contribution in [3.8, 4) is 11.5 Å². The van der Waals surface area contributed by atoms with Crippen molar-refractivity contribution < 1.29 is 19.4 Å². The highest BCUT2D eigenvalue weighted by atomic mass is 16.5. The highest BCUT2D eigenvalue weighted by Gasteiger charge is 2.14. The van der Waals surface area contributed by atoms with Crippen LogP contribution in [0.25, 0.3) is 10.8 Å². The summed E-state index contributed by atoms with van der Waals surface area (Å²) >= 11 is 0. The summed E-state index contributed by atoms with van der Waals surface area (Å²) in [6, 6.07) is 8.65. The molecule has 0 amide bonds. The second-order valence-corrected chi connectivity index (χ2v) is 3.54. The molecule has 1 N–H and O–H groups in total. The molecule has 0 unspecified atom stereocenters. The Morgan fingerprint density at radius 3 is 2.53 bits per heavy atom. The molecule has 0 atom stereocenters. The van der Waals surface area contributed by atoms with E-state index in [2.05, 4.69) is 0 Å². The van der Waals surface area contributed by atoms with E-state index in [9.17, 15) is 9.90 Å². The van der Waals surface area contributed by atoms with Crippen molar-refractivity contribution in [3.63, 3.8) is 0 Å². The summed E-state index contributed by atoms with van der Waals surface area (Å²) in [5.74, 6) is 0.0594. The SMILES string of the molecule is COc1cc(C(=O)O)c2c(OC)cccc2c1. The summed E-state index contributed by atoms with van der Waals surface area (Å²) in [5, 5.41) is 10.6. The molecule has 0 aliphatic heterocycles. The Morgan fingerprint density at radius 2 is 1.94 bits per heavy atom. The second kappa shape index (κ2) is 4.33. The van der Waals surface area contributed by atoms with E-state index in [0.717, 1.165) is 5.39 Å². The van der Waals surface area contributed by atoms with Crippen molar-refractivity contribution in [2.75, 3.05) is 14.2 Å². The van der Waals surface area contributed by atoms with Crippen LogP contribution in [0.15, 0.2) is 30.3 Å². The Hall–Kier alpha value is -2.23. The first kappa shape index (κ1) is 11.3.